The van der Waals surface area contributed by atoms with Crippen molar-refractivity contribution in [2.24, 2.45) is 10.9 Å². The van der Waals surface area contributed by atoms with Crippen molar-refractivity contribution in [3.05, 3.63) is 54.5 Å². The Morgan fingerprint density at radius 1 is 1.07 bits per heavy atom. The number of furan rings is 1. The molecule has 0 saturated carbocycles. The highest BCUT2D eigenvalue weighted by atomic mass is 16.5. The highest BCUT2D eigenvalue weighted by Crippen LogP contribution is 2.16. The Hall–Kier alpha value is -2.47. The zero-order valence-corrected chi connectivity index (χ0v) is 16.4. The van der Waals surface area contributed by atoms with Crippen molar-refractivity contribution >= 4 is 11.6 Å². The fourth-order valence-electron chi connectivity index (χ4n) is 3.78. The molecule has 0 radical (unpaired) electrons. The minimum atomic E-state index is 0.549. The van der Waals surface area contributed by atoms with E-state index in [1.54, 1.807) is 6.26 Å². The smallest absolute Gasteiger partial charge is 0.194 e. The molecule has 1 aromatic heterocycles. The van der Waals surface area contributed by atoms with Crippen molar-refractivity contribution in [1.82, 2.24) is 10.2 Å². The number of para-hydroxylation sites is 1. The molecule has 4 rings (SSSR count). The second-order valence-corrected chi connectivity index (χ2v) is 7.46. The number of nitrogens with one attached hydrogen (secondary N) is 1. The number of nitrogens with zero attached hydrogens (tertiary/aromatic N) is 3. The van der Waals surface area contributed by atoms with Crippen LogP contribution in [0.2, 0.25) is 0 Å². The molecule has 2 aliphatic rings. The predicted octanol–water partition coefficient (Wildman–Crippen LogP) is 2.63. The van der Waals surface area contributed by atoms with Crippen molar-refractivity contribution in [1.29, 1.82) is 0 Å². The molecule has 6 heteroatoms. The van der Waals surface area contributed by atoms with E-state index in [9.17, 15) is 0 Å². The topological polar surface area (TPSA) is 53.2 Å². The Morgan fingerprint density at radius 2 is 1.93 bits per heavy atom. The molecule has 2 aliphatic heterocycles. The molecule has 1 unspecified atom stereocenters. The molecule has 2 aromatic rings. The van der Waals surface area contributed by atoms with E-state index in [1.807, 2.05) is 12.1 Å². The number of hydrogen-bond acceptors (Lipinski definition) is 4. The number of hydrogen-bond donors (Lipinski definition) is 1. The first-order valence-electron chi connectivity index (χ1n) is 10.3. The fourth-order valence-corrected chi connectivity index (χ4v) is 3.78. The molecule has 0 aliphatic carbocycles. The lowest BCUT2D eigenvalue weighted by Crippen LogP contribution is -2.53. The summed E-state index contributed by atoms with van der Waals surface area (Å²) in [5.41, 5.74) is 1.30. The second kappa shape index (κ2) is 9.64. The van der Waals surface area contributed by atoms with Gasteiger partial charge >= 0.3 is 0 Å². The normalized spacial score (nSPS) is 20.6. The van der Waals surface area contributed by atoms with Gasteiger partial charge in [-0.3, -0.25) is 4.99 Å². The van der Waals surface area contributed by atoms with Crippen molar-refractivity contribution in [2.75, 3.05) is 57.4 Å². The molecule has 0 spiro atoms. The summed E-state index contributed by atoms with van der Waals surface area (Å²) < 4.78 is 11.0. The summed E-state index contributed by atoms with van der Waals surface area (Å²) in [5, 5.41) is 3.56. The second-order valence-electron chi connectivity index (χ2n) is 7.46. The van der Waals surface area contributed by atoms with Crippen LogP contribution in [-0.4, -0.2) is 63.3 Å². The summed E-state index contributed by atoms with van der Waals surface area (Å²) in [7, 11) is 0. The van der Waals surface area contributed by atoms with Gasteiger partial charge in [0.1, 0.15) is 5.76 Å². The van der Waals surface area contributed by atoms with Crippen molar-refractivity contribution in [3.8, 4) is 0 Å². The average molecular weight is 383 g/mol. The third-order valence-electron chi connectivity index (χ3n) is 5.46. The van der Waals surface area contributed by atoms with Crippen LogP contribution >= 0.6 is 0 Å². The third kappa shape index (κ3) is 5.07. The first-order chi connectivity index (χ1) is 13.9. The van der Waals surface area contributed by atoms with Crippen LogP contribution in [0.3, 0.4) is 0 Å². The van der Waals surface area contributed by atoms with Gasteiger partial charge in [-0.15, -0.1) is 0 Å². The lowest BCUT2D eigenvalue weighted by Gasteiger charge is -2.38. The zero-order chi connectivity index (χ0) is 19.0. The summed E-state index contributed by atoms with van der Waals surface area (Å²) in [6.07, 6.45) is 3.71. The number of aliphatic imine (C=N–C) groups is 1. The van der Waals surface area contributed by atoms with E-state index in [-0.39, 0.29) is 0 Å². The van der Waals surface area contributed by atoms with Gasteiger partial charge in [-0.2, -0.15) is 0 Å². The van der Waals surface area contributed by atoms with E-state index in [0.29, 0.717) is 5.92 Å². The molecule has 150 valence electrons. The lowest BCUT2D eigenvalue weighted by atomic mass is 10.1. The van der Waals surface area contributed by atoms with Crippen LogP contribution in [-0.2, 0) is 11.2 Å². The van der Waals surface area contributed by atoms with Gasteiger partial charge < -0.3 is 24.3 Å². The Bertz CT molecular complexity index is 718. The van der Waals surface area contributed by atoms with Crippen LogP contribution in [0.1, 0.15) is 12.2 Å². The maximum Gasteiger partial charge on any atom is 0.194 e. The maximum absolute atomic E-state index is 5.51. The Kier molecular flexibility index (Phi) is 6.50. The first kappa shape index (κ1) is 18.9. The zero-order valence-electron chi connectivity index (χ0n) is 16.4. The minimum Gasteiger partial charge on any atom is -0.469 e. The summed E-state index contributed by atoms with van der Waals surface area (Å²) in [6.45, 7) is 7.34. The van der Waals surface area contributed by atoms with Gasteiger partial charge in [-0.1, -0.05) is 18.2 Å². The molecular formula is C22H30N4O2. The predicted molar refractivity (Wildman–Crippen MR) is 112 cm³/mol. The van der Waals surface area contributed by atoms with E-state index >= 15 is 0 Å². The van der Waals surface area contributed by atoms with E-state index in [1.165, 1.54) is 5.69 Å². The Labute approximate surface area is 167 Å². The molecule has 1 atom stereocenters. The number of benzene rings is 1. The molecular weight excluding hydrogens is 352 g/mol. The number of guanidine groups is 1. The van der Waals surface area contributed by atoms with Crippen molar-refractivity contribution in [2.45, 2.75) is 12.8 Å². The molecule has 1 aromatic carbocycles. The molecule has 6 nitrogen and oxygen atoms in total. The van der Waals surface area contributed by atoms with Gasteiger partial charge in [0.15, 0.2) is 5.96 Å². The third-order valence-corrected chi connectivity index (χ3v) is 5.46. The largest absolute Gasteiger partial charge is 0.469 e. The minimum absolute atomic E-state index is 0.549. The van der Waals surface area contributed by atoms with Crippen LogP contribution in [0.5, 0.6) is 0 Å². The average Bonchev–Trinajstić information content (AvgIpc) is 3.46. The fraction of sp³-hybridized carbons (Fsp3) is 0.500. The van der Waals surface area contributed by atoms with Gasteiger partial charge in [0.2, 0.25) is 0 Å². The Balaban J connectivity index is 1.34. The van der Waals surface area contributed by atoms with Gasteiger partial charge in [0.05, 0.1) is 12.9 Å². The molecule has 28 heavy (non-hydrogen) atoms. The highest BCUT2D eigenvalue weighted by Gasteiger charge is 2.21. The van der Waals surface area contributed by atoms with E-state index in [2.05, 4.69) is 45.4 Å². The SMILES string of the molecule is c1ccc(N2CCN(C(=NCC3CCOC3)NCCc3ccco3)CC2)cc1. The molecule has 0 amide bonds. The highest BCUT2D eigenvalue weighted by molar-refractivity contribution is 5.80. The van der Waals surface area contributed by atoms with Crippen LogP contribution < -0.4 is 10.2 Å². The molecule has 3 heterocycles. The number of anilines is 1. The summed E-state index contributed by atoms with van der Waals surface area (Å²) >= 11 is 0. The van der Waals surface area contributed by atoms with Crippen molar-refractivity contribution < 1.29 is 9.15 Å². The monoisotopic (exact) mass is 382 g/mol. The van der Waals surface area contributed by atoms with Crippen LogP contribution in [0.25, 0.3) is 0 Å². The molecule has 2 saturated heterocycles. The molecule has 0 bridgehead atoms. The van der Waals surface area contributed by atoms with Crippen LogP contribution in [0.4, 0.5) is 5.69 Å². The Morgan fingerprint density at radius 3 is 2.64 bits per heavy atom. The van der Waals surface area contributed by atoms with Crippen molar-refractivity contribution in [3.63, 3.8) is 0 Å². The van der Waals surface area contributed by atoms with Crippen LogP contribution in [0.15, 0.2) is 58.1 Å². The number of piperazine rings is 1. The maximum atomic E-state index is 5.51. The van der Waals surface area contributed by atoms with E-state index < -0.39 is 0 Å². The number of rotatable bonds is 6. The van der Waals surface area contributed by atoms with E-state index in [0.717, 1.165) is 77.0 Å². The van der Waals surface area contributed by atoms with Gasteiger partial charge in [-0.05, 0) is 30.7 Å². The summed E-state index contributed by atoms with van der Waals surface area (Å²) in [5.74, 6) is 2.57. The standard InChI is InChI=1S/C22H30N4O2/c1-2-5-20(6-3-1)25-11-13-26(14-12-25)22(24-17-19-9-16-27-18-19)23-10-8-21-7-4-15-28-21/h1-7,15,19H,8-14,16-18H2,(H,23,24). The first-order valence-corrected chi connectivity index (χ1v) is 10.3. The van der Waals surface area contributed by atoms with Gasteiger partial charge in [0, 0.05) is 63.9 Å². The van der Waals surface area contributed by atoms with E-state index in [4.69, 9.17) is 14.1 Å². The van der Waals surface area contributed by atoms with Gasteiger partial charge in [0.25, 0.3) is 0 Å². The number of ether oxygens (including phenoxy) is 1. The van der Waals surface area contributed by atoms with Crippen LogP contribution in [0, 0.1) is 5.92 Å². The summed E-state index contributed by atoms with van der Waals surface area (Å²) in [6, 6.07) is 14.6. The molecule has 2 fully saturated rings. The molecule has 1 N–H and O–H groups in total. The quantitative estimate of drug-likeness (QED) is 0.615. The summed E-state index contributed by atoms with van der Waals surface area (Å²) in [4.78, 5) is 9.78. The van der Waals surface area contributed by atoms with Gasteiger partial charge in [-0.25, -0.2) is 0 Å². The lowest BCUT2D eigenvalue weighted by molar-refractivity contribution is 0.187.